The van der Waals surface area contributed by atoms with Gasteiger partial charge in [0.2, 0.25) is 0 Å². The van der Waals surface area contributed by atoms with E-state index in [1.165, 1.54) is 0 Å². The molecule has 2 N–H and O–H groups in total. The number of ether oxygens (including phenoxy) is 2. The van der Waals surface area contributed by atoms with Crippen LogP contribution in [-0.4, -0.2) is 25.0 Å². The van der Waals surface area contributed by atoms with E-state index in [1.807, 2.05) is 39.0 Å². The topological polar surface area (TPSA) is 76.7 Å². The van der Waals surface area contributed by atoms with Crippen molar-refractivity contribution in [2.24, 2.45) is 0 Å². The van der Waals surface area contributed by atoms with Crippen molar-refractivity contribution in [2.75, 3.05) is 13.2 Å². The fourth-order valence-corrected chi connectivity index (χ4v) is 2.34. The molecule has 0 aliphatic heterocycles. The number of amides is 2. The minimum absolute atomic E-state index is 0.236. The van der Waals surface area contributed by atoms with Gasteiger partial charge in [-0.2, -0.15) is 0 Å². The van der Waals surface area contributed by atoms with E-state index in [1.54, 1.807) is 24.3 Å². The van der Waals surface area contributed by atoms with Crippen LogP contribution in [0.25, 0.3) is 0 Å². The Morgan fingerprint density at radius 2 is 1.65 bits per heavy atom. The second-order valence-electron chi connectivity index (χ2n) is 5.90. The van der Waals surface area contributed by atoms with E-state index < -0.39 is 5.91 Å². The Bertz CT molecular complexity index is 774. The highest BCUT2D eigenvalue weighted by Gasteiger charge is 2.11. The molecule has 0 heterocycles. The monoisotopic (exact) mass is 356 g/mol. The van der Waals surface area contributed by atoms with Gasteiger partial charge in [-0.3, -0.25) is 20.4 Å². The maximum Gasteiger partial charge on any atom is 0.276 e. The summed E-state index contributed by atoms with van der Waals surface area (Å²) in [4.78, 5) is 24.1. The van der Waals surface area contributed by atoms with Crippen molar-refractivity contribution in [3.8, 4) is 11.5 Å². The van der Waals surface area contributed by atoms with Gasteiger partial charge < -0.3 is 9.47 Å². The SMILES string of the molecule is CCCOc1ccccc1OCC(=O)NNC(=O)c1ccc(C)cc1C. The number of hydrogen-bond acceptors (Lipinski definition) is 4. The first kappa shape index (κ1) is 19.3. The van der Waals surface area contributed by atoms with Crippen molar-refractivity contribution in [3.63, 3.8) is 0 Å². The van der Waals surface area contributed by atoms with E-state index in [-0.39, 0.29) is 12.5 Å². The third-order valence-corrected chi connectivity index (χ3v) is 3.61. The number of benzene rings is 2. The summed E-state index contributed by atoms with van der Waals surface area (Å²) < 4.78 is 11.1. The van der Waals surface area contributed by atoms with Crippen LogP contribution in [0.3, 0.4) is 0 Å². The minimum Gasteiger partial charge on any atom is -0.490 e. The van der Waals surface area contributed by atoms with E-state index in [0.29, 0.717) is 23.7 Å². The molecule has 138 valence electrons. The van der Waals surface area contributed by atoms with Crippen LogP contribution in [-0.2, 0) is 4.79 Å². The van der Waals surface area contributed by atoms with Crippen LogP contribution in [0.15, 0.2) is 42.5 Å². The predicted octanol–water partition coefficient (Wildman–Crippen LogP) is 2.93. The Balaban J connectivity index is 1.85. The molecule has 0 saturated carbocycles. The molecular weight excluding hydrogens is 332 g/mol. The van der Waals surface area contributed by atoms with Crippen LogP contribution in [0.2, 0.25) is 0 Å². The third kappa shape index (κ3) is 5.51. The van der Waals surface area contributed by atoms with Gasteiger partial charge in [0, 0.05) is 5.56 Å². The predicted molar refractivity (Wildman–Crippen MR) is 99.2 cm³/mol. The summed E-state index contributed by atoms with van der Waals surface area (Å²) in [5.74, 6) is 0.231. The molecule has 2 aromatic rings. The zero-order valence-electron chi connectivity index (χ0n) is 15.3. The molecule has 6 heteroatoms. The third-order valence-electron chi connectivity index (χ3n) is 3.61. The quantitative estimate of drug-likeness (QED) is 0.748. The van der Waals surface area contributed by atoms with Gasteiger partial charge in [-0.25, -0.2) is 0 Å². The average Bonchev–Trinajstić information content (AvgIpc) is 2.63. The van der Waals surface area contributed by atoms with Gasteiger partial charge in [-0.05, 0) is 44.0 Å². The summed E-state index contributed by atoms with van der Waals surface area (Å²) in [6.07, 6.45) is 0.874. The molecule has 0 atom stereocenters. The van der Waals surface area contributed by atoms with Gasteiger partial charge in [0.1, 0.15) is 0 Å². The summed E-state index contributed by atoms with van der Waals surface area (Å²) in [6.45, 7) is 6.14. The van der Waals surface area contributed by atoms with Crippen LogP contribution in [0.4, 0.5) is 0 Å². The second-order valence-corrected chi connectivity index (χ2v) is 5.90. The number of carbonyl (C=O) groups is 2. The van der Waals surface area contributed by atoms with Gasteiger partial charge in [0.05, 0.1) is 6.61 Å². The van der Waals surface area contributed by atoms with Crippen LogP contribution < -0.4 is 20.3 Å². The van der Waals surface area contributed by atoms with E-state index in [2.05, 4.69) is 10.9 Å². The van der Waals surface area contributed by atoms with Crippen molar-refractivity contribution < 1.29 is 19.1 Å². The molecule has 0 spiro atoms. The highest BCUT2D eigenvalue weighted by atomic mass is 16.5. The van der Waals surface area contributed by atoms with Gasteiger partial charge in [-0.1, -0.05) is 36.8 Å². The first-order chi connectivity index (χ1) is 12.5. The Morgan fingerprint density at radius 3 is 2.31 bits per heavy atom. The molecular formula is C20H24N2O4. The zero-order valence-corrected chi connectivity index (χ0v) is 15.3. The molecule has 0 aromatic heterocycles. The molecule has 2 aromatic carbocycles. The van der Waals surface area contributed by atoms with Crippen molar-refractivity contribution in [3.05, 3.63) is 59.2 Å². The maximum atomic E-state index is 12.1. The molecule has 0 aliphatic rings. The summed E-state index contributed by atoms with van der Waals surface area (Å²) in [5, 5.41) is 0. The van der Waals surface area contributed by atoms with Crippen molar-refractivity contribution >= 4 is 11.8 Å². The Kier molecular flexibility index (Phi) is 7.02. The van der Waals surface area contributed by atoms with E-state index in [4.69, 9.17) is 9.47 Å². The van der Waals surface area contributed by atoms with Gasteiger partial charge in [-0.15, -0.1) is 0 Å². The number of carbonyl (C=O) groups excluding carboxylic acids is 2. The molecule has 26 heavy (non-hydrogen) atoms. The molecule has 6 nitrogen and oxygen atoms in total. The second kappa shape index (κ2) is 9.46. The lowest BCUT2D eigenvalue weighted by Crippen LogP contribution is -2.44. The molecule has 0 aliphatic carbocycles. The summed E-state index contributed by atoms with van der Waals surface area (Å²) >= 11 is 0. The van der Waals surface area contributed by atoms with Gasteiger partial charge in [0.15, 0.2) is 18.1 Å². The lowest BCUT2D eigenvalue weighted by Gasteiger charge is -2.13. The van der Waals surface area contributed by atoms with Gasteiger partial charge >= 0.3 is 0 Å². The number of aryl methyl sites for hydroxylation is 2. The normalized spacial score (nSPS) is 10.1. The van der Waals surface area contributed by atoms with Crippen molar-refractivity contribution in [1.82, 2.24) is 10.9 Å². The lowest BCUT2D eigenvalue weighted by molar-refractivity contribution is -0.123. The molecule has 2 rings (SSSR count). The fraction of sp³-hybridized carbons (Fsp3) is 0.300. The highest BCUT2D eigenvalue weighted by molar-refractivity contribution is 5.96. The van der Waals surface area contributed by atoms with Crippen LogP contribution in [0.5, 0.6) is 11.5 Å². The number of hydrazine groups is 1. The Labute approximate surface area is 153 Å². The molecule has 0 radical (unpaired) electrons. The zero-order chi connectivity index (χ0) is 18.9. The van der Waals surface area contributed by atoms with E-state index >= 15 is 0 Å². The lowest BCUT2D eigenvalue weighted by atomic mass is 10.1. The number of hydrogen-bond donors (Lipinski definition) is 2. The van der Waals surface area contributed by atoms with Crippen LogP contribution >= 0.6 is 0 Å². The van der Waals surface area contributed by atoms with Crippen LogP contribution in [0.1, 0.15) is 34.8 Å². The number of rotatable bonds is 7. The smallest absolute Gasteiger partial charge is 0.276 e. The largest absolute Gasteiger partial charge is 0.490 e. The Morgan fingerprint density at radius 1 is 0.962 bits per heavy atom. The molecule has 0 bridgehead atoms. The molecule has 0 fully saturated rings. The minimum atomic E-state index is -0.464. The first-order valence-corrected chi connectivity index (χ1v) is 8.52. The standard InChI is InChI=1S/C20H24N2O4/c1-4-11-25-17-7-5-6-8-18(17)26-13-19(23)21-22-20(24)16-10-9-14(2)12-15(16)3/h5-10,12H,4,11,13H2,1-3H3,(H,21,23)(H,22,24). The number of nitrogens with one attached hydrogen (secondary N) is 2. The average molecular weight is 356 g/mol. The van der Waals surface area contributed by atoms with Crippen molar-refractivity contribution in [2.45, 2.75) is 27.2 Å². The Hall–Kier alpha value is -3.02. The molecule has 0 unspecified atom stereocenters. The molecule has 2 amide bonds. The summed E-state index contributed by atoms with van der Waals surface area (Å²) in [5.41, 5.74) is 7.17. The highest BCUT2D eigenvalue weighted by Crippen LogP contribution is 2.26. The van der Waals surface area contributed by atoms with E-state index in [9.17, 15) is 9.59 Å². The first-order valence-electron chi connectivity index (χ1n) is 8.52. The fourth-order valence-electron chi connectivity index (χ4n) is 2.34. The summed E-state index contributed by atoms with van der Waals surface area (Å²) in [6, 6.07) is 12.6. The summed E-state index contributed by atoms with van der Waals surface area (Å²) in [7, 11) is 0. The van der Waals surface area contributed by atoms with E-state index in [0.717, 1.165) is 17.5 Å². The van der Waals surface area contributed by atoms with Crippen molar-refractivity contribution in [1.29, 1.82) is 0 Å². The van der Waals surface area contributed by atoms with Gasteiger partial charge in [0.25, 0.3) is 11.8 Å². The molecule has 0 saturated heterocycles. The maximum absolute atomic E-state index is 12.1. The number of para-hydroxylation sites is 2. The van der Waals surface area contributed by atoms with Crippen LogP contribution in [0, 0.1) is 13.8 Å².